The van der Waals surface area contributed by atoms with Gasteiger partial charge in [-0.05, 0) is 37.1 Å². The Morgan fingerprint density at radius 2 is 1.90 bits per heavy atom. The largest absolute Gasteiger partial charge is 0.497 e. The van der Waals surface area contributed by atoms with Crippen molar-refractivity contribution in [3.8, 4) is 5.75 Å². The zero-order valence-corrected chi connectivity index (χ0v) is 13.0. The number of ether oxygens (including phenoxy) is 1. The molecule has 2 aromatic carbocycles. The van der Waals surface area contributed by atoms with E-state index in [1.807, 2.05) is 18.2 Å². The molecule has 110 valence electrons. The molecule has 0 aliphatic heterocycles. The summed E-state index contributed by atoms with van der Waals surface area (Å²) in [6, 6.07) is 18.9. The Kier molecular flexibility index (Phi) is 5.59. The normalized spacial score (nSPS) is 13.0. The van der Waals surface area contributed by atoms with Gasteiger partial charge in [0.15, 0.2) is 0 Å². The zero-order valence-electron chi connectivity index (χ0n) is 13.0. The first-order chi connectivity index (χ1) is 10.2. The van der Waals surface area contributed by atoms with Gasteiger partial charge in [0.2, 0.25) is 0 Å². The molecule has 2 nitrogen and oxygen atoms in total. The van der Waals surface area contributed by atoms with Crippen molar-refractivity contribution < 1.29 is 4.74 Å². The second-order valence-corrected chi connectivity index (χ2v) is 5.28. The third-order valence-electron chi connectivity index (χ3n) is 3.49. The lowest BCUT2D eigenvalue weighted by Crippen LogP contribution is -2.20. The standard InChI is InChI=1S/C19H23NO/c1-15(12-17-8-5-4-6-9-17)14-20-16(2)18-10-7-11-19(13-18)21-3/h4-13,16,20H,14H2,1-3H3/t16-/m1/s1. The van der Waals surface area contributed by atoms with Gasteiger partial charge in [-0.1, -0.05) is 54.1 Å². The van der Waals surface area contributed by atoms with E-state index < -0.39 is 0 Å². The van der Waals surface area contributed by atoms with E-state index in [0.29, 0.717) is 6.04 Å². The van der Waals surface area contributed by atoms with Crippen molar-refractivity contribution in [1.29, 1.82) is 0 Å². The molecule has 0 spiro atoms. The van der Waals surface area contributed by atoms with Crippen molar-refractivity contribution in [1.82, 2.24) is 5.32 Å². The van der Waals surface area contributed by atoms with Crippen molar-refractivity contribution in [2.75, 3.05) is 13.7 Å². The highest BCUT2D eigenvalue weighted by Crippen LogP contribution is 2.19. The van der Waals surface area contributed by atoms with Crippen LogP contribution in [0.3, 0.4) is 0 Å². The summed E-state index contributed by atoms with van der Waals surface area (Å²) >= 11 is 0. The Bertz CT molecular complexity index is 590. The molecule has 0 radical (unpaired) electrons. The summed E-state index contributed by atoms with van der Waals surface area (Å²) in [6.07, 6.45) is 2.21. The molecule has 0 saturated carbocycles. The quantitative estimate of drug-likeness (QED) is 0.844. The summed E-state index contributed by atoms with van der Waals surface area (Å²) in [5.41, 5.74) is 3.80. The van der Waals surface area contributed by atoms with Crippen molar-refractivity contribution in [2.45, 2.75) is 19.9 Å². The van der Waals surface area contributed by atoms with Crippen molar-refractivity contribution in [3.63, 3.8) is 0 Å². The molecule has 0 unspecified atom stereocenters. The van der Waals surface area contributed by atoms with Crippen LogP contribution in [0.15, 0.2) is 60.2 Å². The highest BCUT2D eigenvalue weighted by atomic mass is 16.5. The van der Waals surface area contributed by atoms with Gasteiger partial charge in [-0.3, -0.25) is 0 Å². The number of benzene rings is 2. The lowest BCUT2D eigenvalue weighted by Gasteiger charge is -2.15. The fraction of sp³-hybridized carbons (Fsp3) is 0.263. The summed E-state index contributed by atoms with van der Waals surface area (Å²) in [5.74, 6) is 0.901. The van der Waals surface area contributed by atoms with E-state index in [0.717, 1.165) is 12.3 Å². The van der Waals surface area contributed by atoms with Crippen LogP contribution < -0.4 is 10.1 Å². The molecule has 0 aliphatic rings. The summed E-state index contributed by atoms with van der Waals surface area (Å²) in [6.45, 7) is 5.19. The van der Waals surface area contributed by atoms with Gasteiger partial charge in [0.1, 0.15) is 5.75 Å². The summed E-state index contributed by atoms with van der Waals surface area (Å²) in [7, 11) is 1.70. The molecule has 1 N–H and O–H groups in total. The maximum absolute atomic E-state index is 5.27. The highest BCUT2D eigenvalue weighted by molar-refractivity contribution is 5.52. The van der Waals surface area contributed by atoms with Crippen molar-refractivity contribution >= 4 is 6.08 Å². The molecule has 2 heteroatoms. The SMILES string of the molecule is COc1cccc([C@@H](C)NCC(C)=Cc2ccccc2)c1. The molecule has 0 amide bonds. The van der Waals surface area contributed by atoms with E-state index in [9.17, 15) is 0 Å². The van der Waals surface area contributed by atoms with Gasteiger partial charge in [-0.15, -0.1) is 0 Å². The van der Waals surface area contributed by atoms with E-state index in [1.165, 1.54) is 16.7 Å². The van der Waals surface area contributed by atoms with Gasteiger partial charge in [0.25, 0.3) is 0 Å². The maximum atomic E-state index is 5.27. The molecule has 21 heavy (non-hydrogen) atoms. The van der Waals surface area contributed by atoms with Crippen molar-refractivity contribution in [2.24, 2.45) is 0 Å². The Hall–Kier alpha value is -2.06. The Labute approximate surface area is 127 Å². The third-order valence-corrected chi connectivity index (χ3v) is 3.49. The van der Waals surface area contributed by atoms with Gasteiger partial charge in [0, 0.05) is 12.6 Å². The molecule has 2 aromatic rings. The van der Waals surface area contributed by atoms with Gasteiger partial charge in [-0.25, -0.2) is 0 Å². The number of methoxy groups -OCH3 is 1. The van der Waals surface area contributed by atoms with Crippen LogP contribution in [0.4, 0.5) is 0 Å². The summed E-state index contributed by atoms with van der Waals surface area (Å²) in [4.78, 5) is 0. The monoisotopic (exact) mass is 281 g/mol. The number of nitrogens with one attached hydrogen (secondary N) is 1. The first kappa shape index (κ1) is 15.3. The fourth-order valence-corrected chi connectivity index (χ4v) is 2.23. The molecular formula is C19H23NO. The van der Waals surface area contributed by atoms with Crippen LogP contribution in [0.1, 0.15) is 31.0 Å². The predicted octanol–water partition coefficient (Wildman–Crippen LogP) is 4.45. The molecule has 0 bridgehead atoms. The van der Waals surface area contributed by atoms with E-state index in [1.54, 1.807) is 7.11 Å². The first-order valence-electron chi connectivity index (χ1n) is 7.28. The van der Waals surface area contributed by atoms with Crippen molar-refractivity contribution in [3.05, 3.63) is 71.3 Å². The molecule has 0 fully saturated rings. The van der Waals surface area contributed by atoms with E-state index in [-0.39, 0.29) is 0 Å². The Morgan fingerprint density at radius 3 is 2.62 bits per heavy atom. The van der Waals surface area contributed by atoms with Gasteiger partial charge < -0.3 is 10.1 Å². The molecule has 0 heterocycles. The number of hydrogen-bond acceptors (Lipinski definition) is 2. The first-order valence-corrected chi connectivity index (χ1v) is 7.28. The van der Waals surface area contributed by atoms with Crippen LogP contribution in [0.5, 0.6) is 5.75 Å². The number of hydrogen-bond donors (Lipinski definition) is 1. The van der Waals surface area contributed by atoms with E-state index in [2.05, 4.69) is 61.6 Å². The minimum atomic E-state index is 0.291. The van der Waals surface area contributed by atoms with E-state index >= 15 is 0 Å². The average Bonchev–Trinajstić information content (AvgIpc) is 2.53. The minimum Gasteiger partial charge on any atom is -0.497 e. The molecule has 1 atom stereocenters. The van der Waals surface area contributed by atoms with Crippen LogP contribution in [0.25, 0.3) is 6.08 Å². The van der Waals surface area contributed by atoms with Crippen LogP contribution in [0.2, 0.25) is 0 Å². The molecule has 2 rings (SSSR count). The topological polar surface area (TPSA) is 21.3 Å². The highest BCUT2D eigenvalue weighted by Gasteiger charge is 2.05. The Morgan fingerprint density at radius 1 is 1.14 bits per heavy atom. The van der Waals surface area contributed by atoms with E-state index in [4.69, 9.17) is 4.74 Å². The smallest absolute Gasteiger partial charge is 0.119 e. The van der Waals surface area contributed by atoms with Crippen LogP contribution >= 0.6 is 0 Å². The van der Waals surface area contributed by atoms with Crippen LogP contribution in [-0.2, 0) is 0 Å². The second-order valence-electron chi connectivity index (χ2n) is 5.28. The third kappa shape index (κ3) is 4.76. The van der Waals surface area contributed by atoms with Crippen LogP contribution in [0, 0.1) is 0 Å². The molecule has 0 aromatic heterocycles. The second kappa shape index (κ2) is 7.65. The average molecular weight is 281 g/mol. The summed E-state index contributed by atoms with van der Waals surface area (Å²) < 4.78 is 5.27. The van der Waals surface area contributed by atoms with Gasteiger partial charge in [0.05, 0.1) is 7.11 Å². The molecule has 0 saturated heterocycles. The fourth-order valence-electron chi connectivity index (χ4n) is 2.23. The lowest BCUT2D eigenvalue weighted by atomic mass is 10.1. The zero-order chi connectivity index (χ0) is 15.1. The lowest BCUT2D eigenvalue weighted by molar-refractivity contribution is 0.413. The summed E-state index contributed by atoms with van der Waals surface area (Å²) in [5, 5.41) is 3.55. The molecular weight excluding hydrogens is 258 g/mol. The van der Waals surface area contributed by atoms with Gasteiger partial charge in [-0.2, -0.15) is 0 Å². The van der Waals surface area contributed by atoms with Gasteiger partial charge >= 0.3 is 0 Å². The Balaban J connectivity index is 1.94. The van der Waals surface area contributed by atoms with Crippen LogP contribution in [-0.4, -0.2) is 13.7 Å². The minimum absolute atomic E-state index is 0.291. The predicted molar refractivity (Wildman–Crippen MR) is 89.5 cm³/mol. The molecule has 0 aliphatic carbocycles. The number of rotatable bonds is 6. The maximum Gasteiger partial charge on any atom is 0.119 e.